The van der Waals surface area contributed by atoms with Crippen molar-refractivity contribution in [2.24, 2.45) is 0 Å². The highest BCUT2D eigenvalue weighted by Gasteiger charge is 2.12. The lowest BCUT2D eigenvalue weighted by Crippen LogP contribution is -1.95. The van der Waals surface area contributed by atoms with Crippen LogP contribution in [0.5, 0.6) is 0 Å². The van der Waals surface area contributed by atoms with Gasteiger partial charge in [0.2, 0.25) is 5.69 Å². The van der Waals surface area contributed by atoms with Crippen molar-refractivity contribution in [1.29, 1.82) is 0 Å². The molecule has 0 spiro atoms. The normalized spacial score (nSPS) is 10.9. The number of fused-ring (bicyclic) bond motifs is 2. The fraction of sp³-hybridized carbons (Fsp3) is 0.0435. The summed E-state index contributed by atoms with van der Waals surface area (Å²) in [5.74, 6) is 0. The van der Waals surface area contributed by atoms with Gasteiger partial charge in [-0.1, -0.05) is 6.07 Å². The summed E-state index contributed by atoms with van der Waals surface area (Å²) in [6.07, 6.45) is 8.39. The molecule has 0 bridgehead atoms. The zero-order valence-electron chi connectivity index (χ0n) is 15.5. The Morgan fingerprint density at radius 3 is 2.83 bits per heavy atom. The second-order valence-corrected chi connectivity index (χ2v) is 6.71. The molecule has 0 atom stereocenters. The van der Waals surface area contributed by atoms with Crippen LogP contribution < -0.4 is 5.32 Å². The summed E-state index contributed by atoms with van der Waals surface area (Å²) in [7, 11) is 0. The number of aryl methyl sites for hydroxylation is 1. The molecule has 29 heavy (non-hydrogen) atoms. The van der Waals surface area contributed by atoms with Gasteiger partial charge in [0.1, 0.15) is 5.58 Å². The molecule has 2 aromatic carbocycles. The molecule has 5 rings (SSSR count). The number of hydrogen-bond acceptors (Lipinski definition) is 5. The SMILES string of the molecule is [C-]#[N+]c1ccncc1Nc1cc(-c2ccc3occ(C)c3c2)c2nccnc2c1. The van der Waals surface area contributed by atoms with Gasteiger partial charge >= 0.3 is 0 Å². The molecule has 0 saturated heterocycles. The molecule has 0 amide bonds. The number of aromatic nitrogens is 3. The molecule has 0 aliphatic rings. The second-order valence-electron chi connectivity index (χ2n) is 6.71. The van der Waals surface area contributed by atoms with Gasteiger partial charge in [0.25, 0.3) is 0 Å². The molecule has 0 fully saturated rings. The summed E-state index contributed by atoms with van der Waals surface area (Å²) in [5.41, 5.74) is 7.47. The van der Waals surface area contributed by atoms with Crippen LogP contribution in [-0.4, -0.2) is 15.0 Å². The average molecular weight is 377 g/mol. The highest BCUT2D eigenvalue weighted by Crippen LogP contribution is 2.35. The molecule has 0 aliphatic carbocycles. The Bertz CT molecular complexity index is 1410. The molecule has 1 N–H and O–H groups in total. The van der Waals surface area contributed by atoms with Crippen molar-refractivity contribution < 1.29 is 4.42 Å². The van der Waals surface area contributed by atoms with E-state index in [1.807, 2.05) is 31.2 Å². The van der Waals surface area contributed by atoms with Gasteiger partial charge in [0.05, 0.1) is 29.6 Å². The maximum Gasteiger partial charge on any atom is 0.212 e. The van der Waals surface area contributed by atoms with Gasteiger partial charge < -0.3 is 9.73 Å². The molecular formula is C23H15N5O. The molecule has 0 unspecified atom stereocenters. The Morgan fingerprint density at radius 1 is 1.03 bits per heavy atom. The molecule has 3 aromatic heterocycles. The maximum atomic E-state index is 7.37. The van der Waals surface area contributed by atoms with E-state index in [2.05, 4.69) is 31.2 Å². The summed E-state index contributed by atoms with van der Waals surface area (Å²) in [6, 6.07) is 11.7. The quantitative estimate of drug-likeness (QED) is 0.388. The molecule has 0 aliphatic heterocycles. The lowest BCUT2D eigenvalue weighted by atomic mass is 10.0. The maximum absolute atomic E-state index is 7.37. The number of benzene rings is 2. The third-order valence-corrected chi connectivity index (χ3v) is 4.85. The van der Waals surface area contributed by atoms with Gasteiger partial charge in [-0.25, -0.2) is 4.85 Å². The first kappa shape index (κ1) is 16.9. The van der Waals surface area contributed by atoms with Crippen molar-refractivity contribution in [3.05, 3.63) is 84.4 Å². The van der Waals surface area contributed by atoms with E-state index in [1.165, 1.54) is 0 Å². The van der Waals surface area contributed by atoms with Crippen molar-refractivity contribution in [2.45, 2.75) is 6.92 Å². The van der Waals surface area contributed by atoms with Crippen molar-refractivity contribution in [3.63, 3.8) is 0 Å². The lowest BCUT2D eigenvalue weighted by Gasteiger charge is -2.12. The van der Waals surface area contributed by atoms with Gasteiger partial charge in [-0.15, -0.1) is 0 Å². The Balaban J connectivity index is 1.70. The van der Waals surface area contributed by atoms with Crippen LogP contribution in [0.2, 0.25) is 0 Å². The largest absolute Gasteiger partial charge is 0.464 e. The number of rotatable bonds is 3. The molecule has 0 radical (unpaired) electrons. The fourth-order valence-corrected chi connectivity index (χ4v) is 3.43. The first-order valence-electron chi connectivity index (χ1n) is 9.04. The van der Waals surface area contributed by atoms with Crippen LogP contribution in [0, 0.1) is 13.5 Å². The number of nitrogens with zero attached hydrogens (tertiary/aromatic N) is 4. The van der Waals surface area contributed by atoms with Crippen LogP contribution >= 0.6 is 0 Å². The number of pyridine rings is 1. The van der Waals surface area contributed by atoms with Crippen LogP contribution in [0.1, 0.15) is 5.56 Å². The fourth-order valence-electron chi connectivity index (χ4n) is 3.43. The Kier molecular flexibility index (Phi) is 3.92. The minimum absolute atomic E-state index is 0.510. The van der Waals surface area contributed by atoms with E-state index >= 15 is 0 Å². The molecule has 6 nitrogen and oxygen atoms in total. The zero-order chi connectivity index (χ0) is 19.8. The van der Waals surface area contributed by atoms with Crippen molar-refractivity contribution in [2.75, 3.05) is 5.32 Å². The predicted molar refractivity (Wildman–Crippen MR) is 113 cm³/mol. The average Bonchev–Trinajstić information content (AvgIpc) is 3.14. The van der Waals surface area contributed by atoms with Crippen molar-refractivity contribution in [3.8, 4) is 11.1 Å². The minimum atomic E-state index is 0.510. The topological polar surface area (TPSA) is 68.2 Å². The van der Waals surface area contributed by atoms with Crippen molar-refractivity contribution >= 4 is 39.1 Å². The van der Waals surface area contributed by atoms with Crippen LogP contribution in [-0.2, 0) is 0 Å². The smallest absolute Gasteiger partial charge is 0.212 e. The lowest BCUT2D eigenvalue weighted by molar-refractivity contribution is 0.613. The summed E-state index contributed by atoms with van der Waals surface area (Å²) in [5, 5.41) is 4.38. The Labute approximate surface area is 166 Å². The van der Waals surface area contributed by atoms with Gasteiger partial charge in [-0.2, -0.15) is 0 Å². The predicted octanol–water partition coefficient (Wildman–Crippen LogP) is 6.04. The number of nitrogens with one attached hydrogen (secondary N) is 1. The van der Waals surface area contributed by atoms with Crippen molar-refractivity contribution in [1.82, 2.24) is 15.0 Å². The second kappa shape index (κ2) is 6.73. The highest BCUT2D eigenvalue weighted by molar-refractivity contribution is 5.97. The van der Waals surface area contributed by atoms with Crippen LogP contribution in [0.4, 0.5) is 17.1 Å². The number of anilines is 2. The van der Waals surface area contributed by atoms with Crippen LogP contribution in [0.15, 0.2) is 71.9 Å². The van der Waals surface area contributed by atoms with E-state index in [4.69, 9.17) is 11.0 Å². The van der Waals surface area contributed by atoms with Gasteiger partial charge in [-0.3, -0.25) is 15.0 Å². The summed E-state index contributed by atoms with van der Waals surface area (Å²) in [6.45, 7) is 9.39. The number of furan rings is 1. The third kappa shape index (κ3) is 2.95. The van der Waals surface area contributed by atoms with E-state index in [-0.39, 0.29) is 0 Å². The first-order valence-corrected chi connectivity index (χ1v) is 9.04. The van der Waals surface area contributed by atoms with E-state index in [9.17, 15) is 0 Å². The number of hydrogen-bond donors (Lipinski definition) is 1. The molecule has 0 saturated carbocycles. The summed E-state index contributed by atoms with van der Waals surface area (Å²) < 4.78 is 5.58. The molecular weight excluding hydrogens is 362 g/mol. The first-order chi connectivity index (χ1) is 14.2. The summed E-state index contributed by atoms with van der Waals surface area (Å²) >= 11 is 0. The highest BCUT2D eigenvalue weighted by atomic mass is 16.3. The third-order valence-electron chi connectivity index (χ3n) is 4.85. The molecule has 6 heteroatoms. The van der Waals surface area contributed by atoms with Gasteiger partial charge in [-0.05, 0) is 48.4 Å². The van der Waals surface area contributed by atoms with Gasteiger partial charge in [0, 0.05) is 41.4 Å². The Hall–Kier alpha value is -4.24. The minimum Gasteiger partial charge on any atom is -0.464 e. The monoisotopic (exact) mass is 377 g/mol. The van der Waals surface area contributed by atoms with Crippen LogP contribution in [0.3, 0.4) is 0 Å². The molecule has 138 valence electrons. The standard InChI is InChI=1S/C23H15N5O/c1-14-13-29-22-4-3-15(9-17(14)22)18-10-16(11-20-23(18)27-8-7-26-20)28-21-12-25-6-5-19(21)24-2/h3-13,28H,1H3. The molecule has 5 aromatic rings. The Morgan fingerprint density at radius 2 is 1.93 bits per heavy atom. The van der Waals surface area contributed by atoms with Gasteiger partial charge in [0.15, 0.2) is 0 Å². The van der Waals surface area contributed by atoms with E-state index in [1.54, 1.807) is 37.1 Å². The summed E-state index contributed by atoms with van der Waals surface area (Å²) in [4.78, 5) is 16.7. The zero-order valence-corrected chi connectivity index (χ0v) is 15.5. The van der Waals surface area contributed by atoms with E-state index < -0.39 is 0 Å². The van der Waals surface area contributed by atoms with E-state index in [0.29, 0.717) is 11.4 Å². The van der Waals surface area contributed by atoms with Crippen LogP contribution in [0.25, 0.3) is 38.0 Å². The van der Waals surface area contributed by atoms with E-state index in [0.717, 1.165) is 44.4 Å². The molecule has 3 heterocycles.